The molecule has 2 heterocycles. The molecule has 53 heavy (non-hydrogen) atoms. The summed E-state index contributed by atoms with van der Waals surface area (Å²) in [5, 5.41) is -1.30. The molecular weight excluding hydrogens is 710 g/mol. The van der Waals surface area contributed by atoms with Crippen molar-refractivity contribution in [3.05, 3.63) is 135 Å². The topological polar surface area (TPSA) is 54.8 Å². The SMILES string of the molecule is [2H]c1c(C)c([2H])c2c(=O)c([2H])c(SC([2H])([2H])c3cccc(F)c3F)n(CC(=O)N(C3CCN(CC([2H])([2H])OC([2H])([2H])[2H])CC3)C([2H])([2H])c3ccc(-c4ccc(C(F)(F)F)cc4)cc3)c2c1[2H]. The number of thioether (sulfide) groups is 1. The lowest BCUT2D eigenvalue weighted by Crippen LogP contribution is -2.48. The Morgan fingerprint density at radius 2 is 1.72 bits per heavy atom. The summed E-state index contributed by atoms with van der Waals surface area (Å²) in [6, 6.07) is 8.36. The molecule has 0 unspecified atom stereocenters. The largest absolute Gasteiger partial charge is 0.416 e. The lowest BCUT2D eigenvalue weighted by Gasteiger charge is -2.39. The first kappa shape index (κ1) is 24.7. The molecule has 0 aliphatic carbocycles. The van der Waals surface area contributed by atoms with Crippen LogP contribution in [0.3, 0.4) is 0 Å². The number of alkyl halides is 3. The number of amides is 1. The third-order valence-corrected chi connectivity index (χ3v) is 9.45. The van der Waals surface area contributed by atoms with E-state index in [2.05, 4.69) is 4.74 Å². The summed E-state index contributed by atoms with van der Waals surface area (Å²) in [6.45, 7) is -5.82. The van der Waals surface area contributed by atoms with Gasteiger partial charge in [0.1, 0.15) is 6.54 Å². The van der Waals surface area contributed by atoms with E-state index in [4.69, 9.17) is 15.1 Å². The molecule has 12 heteroatoms. The van der Waals surface area contributed by atoms with Crippen LogP contribution in [0.25, 0.3) is 22.0 Å². The van der Waals surface area contributed by atoms with Crippen molar-refractivity contribution in [2.24, 2.45) is 0 Å². The molecule has 6 rings (SSSR count). The molecular formula is C41H40F5N3O3S. The molecule has 1 saturated heterocycles. The monoisotopic (exact) mass is 762 g/mol. The number of aromatic nitrogens is 1. The Morgan fingerprint density at radius 3 is 2.40 bits per heavy atom. The average molecular weight is 763 g/mol. The second-order valence-electron chi connectivity index (χ2n) is 12.2. The molecule has 4 aromatic carbocycles. The minimum atomic E-state index is -4.59. The van der Waals surface area contributed by atoms with Crippen molar-refractivity contribution in [3.8, 4) is 11.1 Å². The van der Waals surface area contributed by atoms with Crippen LogP contribution in [0.4, 0.5) is 22.0 Å². The fraction of sp³-hybridized carbons (Fsp3) is 0.317. The van der Waals surface area contributed by atoms with Gasteiger partial charge in [-0.25, -0.2) is 8.78 Å². The van der Waals surface area contributed by atoms with E-state index in [1.54, 1.807) is 0 Å². The number of likely N-dealkylation sites (tertiary alicyclic amines) is 1. The van der Waals surface area contributed by atoms with Gasteiger partial charge in [-0.2, -0.15) is 13.2 Å². The van der Waals surface area contributed by atoms with Crippen molar-refractivity contribution < 1.29 is 49.3 Å². The minimum Gasteiger partial charge on any atom is -0.383 e. The third kappa shape index (κ3) is 9.17. The number of hydrogen-bond acceptors (Lipinski definition) is 5. The summed E-state index contributed by atoms with van der Waals surface area (Å²) in [4.78, 5) is 31.3. The van der Waals surface area contributed by atoms with Crippen LogP contribution in [-0.2, 0) is 34.5 Å². The predicted molar refractivity (Wildman–Crippen MR) is 198 cm³/mol. The number of piperidine rings is 1. The fourth-order valence-electron chi connectivity index (χ4n) is 5.86. The van der Waals surface area contributed by atoms with Crippen LogP contribution >= 0.6 is 11.8 Å². The highest BCUT2D eigenvalue weighted by Crippen LogP contribution is 2.32. The number of ether oxygens (including phenoxy) is 1. The first-order valence-electron chi connectivity index (χ1n) is 22.7. The van der Waals surface area contributed by atoms with Crippen LogP contribution in [0.15, 0.2) is 101 Å². The number of methoxy groups -OCH3 is 1. The van der Waals surface area contributed by atoms with Gasteiger partial charge in [-0.3, -0.25) is 9.59 Å². The predicted octanol–water partition coefficient (Wildman–Crippen LogP) is 8.71. The number of hydrogen-bond donors (Lipinski definition) is 0. The summed E-state index contributed by atoms with van der Waals surface area (Å²) >= 11 is 0.00821. The Morgan fingerprint density at radius 1 is 1.02 bits per heavy atom. The molecule has 0 spiro atoms. The van der Waals surface area contributed by atoms with E-state index < -0.39 is 125 Å². The molecule has 278 valence electrons. The van der Waals surface area contributed by atoms with Crippen molar-refractivity contribution in [3.63, 3.8) is 0 Å². The average Bonchev–Trinajstić information content (AvgIpc) is 3.22. The molecule has 1 aliphatic heterocycles. The molecule has 1 amide bonds. The fourth-order valence-corrected chi connectivity index (χ4v) is 6.64. The van der Waals surface area contributed by atoms with Crippen molar-refractivity contribution in [1.29, 1.82) is 0 Å². The molecule has 0 bridgehead atoms. The smallest absolute Gasteiger partial charge is 0.383 e. The Hall–Kier alpha value is -4.52. The highest BCUT2D eigenvalue weighted by Gasteiger charge is 2.31. The van der Waals surface area contributed by atoms with E-state index in [0.717, 1.165) is 39.8 Å². The molecule has 0 N–H and O–H groups in total. The molecule has 1 fully saturated rings. The number of carbonyl (C=O) groups excluding carboxylic acids is 1. The second kappa shape index (κ2) is 16.7. The Balaban J connectivity index is 1.47. The number of benzene rings is 4. The van der Waals surface area contributed by atoms with Crippen LogP contribution in [0, 0.1) is 18.6 Å². The van der Waals surface area contributed by atoms with Gasteiger partial charge in [0, 0.05) is 64.6 Å². The minimum absolute atomic E-state index is 0.00821. The summed E-state index contributed by atoms with van der Waals surface area (Å²) in [5.41, 5.74) is -6.07. The van der Waals surface area contributed by atoms with E-state index in [1.807, 2.05) is 0 Å². The van der Waals surface area contributed by atoms with Gasteiger partial charge in [0.25, 0.3) is 0 Å². The van der Waals surface area contributed by atoms with Gasteiger partial charge in [0.05, 0.1) is 37.7 Å². The van der Waals surface area contributed by atoms with Gasteiger partial charge in [-0.15, -0.1) is 11.8 Å². The van der Waals surface area contributed by atoms with Gasteiger partial charge >= 0.3 is 6.18 Å². The maximum Gasteiger partial charge on any atom is 0.416 e. The number of nitrogens with zero attached hydrogens (tertiary/aromatic N) is 3. The molecule has 5 aromatic rings. The van der Waals surface area contributed by atoms with Gasteiger partial charge in [0.2, 0.25) is 5.91 Å². The van der Waals surface area contributed by atoms with Gasteiger partial charge in [-0.05, 0) is 66.7 Å². The van der Waals surface area contributed by atoms with E-state index in [0.29, 0.717) is 11.1 Å². The molecule has 0 atom stereocenters. The first-order valence-corrected chi connectivity index (χ1v) is 17.1. The van der Waals surface area contributed by atoms with Gasteiger partial charge in [0.15, 0.2) is 17.1 Å². The number of halogens is 5. The molecule has 6 nitrogen and oxygen atoms in total. The van der Waals surface area contributed by atoms with Crippen molar-refractivity contribution >= 4 is 28.6 Å². The molecule has 1 aromatic heterocycles. The quantitative estimate of drug-likeness (QED) is 0.0941. The zero-order valence-electron chi connectivity index (χ0n) is 41.0. The van der Waals surface area contributed by atoms with Crippen LogP contribution in [-0.4, -0.2) is 59.5 Å². The number of carbonyl (C=O) groups is 1. The lowest BCUT2D eigenvalue weighted by atomic mass is 10.00. The Bertz CT molecular complexity index is 2710. The normalized spacial score (nSPS) is 18.8. The highest BCUT2D eigenvalue weighted by atomic mass is 32.2. The van der Waals surface area contributed by atoms with Crippen molar-refractivity contribution in [2.75, 3.05) is 33.2 Å². The zero-order valence-corrected chi connectivity index (χ0v) is 28.9. The van der Waals surface area contributed by atoms with Crippen LogP contribution < -0.4 is 5.43 Å². The zero-order chi connectivity index (χ0) is 49.1. The van der Waals surface area contributed by atoms with E-state index in [1.165, 1.54) is 48.2 Å². The van der Waals surface area contributed by atoms with Gasteiger partial charge < -0.3 is 19.1 Å². The maximum atomic E-state index is 15.1. The Kier molecular flexibility index (Phi) is 7.77. The number of fused-ring (bicyclic) bond motifs is 1. The Labute approximate surface area is 327 Å². The number of rotatable bonds is 12. The van der Waals surface area contributed by atoms with Crippen molar-refractivity contribution in [2.45, 2.75) is 55.8 Å². The van der Waals surface area contributed by atoms with Crippen LogP contribution in [0.5, 0.6) is 0 Å². The van der Waals surface area contributed by atoms with Crippen LogP contribution in [0.2, 0.25) is 0 Å². The number of pyridine rings is 1. The molecule has 0 saturated carbocycles. The van der Waals surface area contributed by atoms with E-state index >= 15 is 9.18 Å². The molecule has 0 radical (unpaired) electrons. The van der Waals surface area contributed by atoms with E-state index in [9.17, 15) is 25.1 Å². The van der Waals surface area contributed by atoms with E-state index in [-0.39, 0.29) is 48.8 Å². The second-order valence-corrected chi connectivity index (χ2v) is 13.0. The standard InChI is InChI=1S/C41H40F5N3O3S/c1-27-6-15-36-34(22-27)37(50)23-39(53-26-31-4-3-5-35(42)40(31)43)49(36)25-38(51)48(33-16-18-47(19-17-33)20-21-52-2)24-28-7-9-29(10-8-28)30-11-13-32(14-12-30)41(44,45)46/h3-15,22-23,33H,16-21,24-26H2,1-2H3/i2D3,6D,15D,21D2,22D,23D,24D2,26D2. The molecule has 1 aliphatic rings. The van der Waals surface area contributed by atoms with Gasteiger partial charge in [-0.1, -0.05) is 60.1 Å². The first-order chi connectivity index (χ1) is 30.4. The summed E-state index contributed by atoms with van der Waals surface area (Å²) < 4.78 is 185. The summed E-state index contributed by atoms with van der Waals surface area (Å²) in [6.07, 6.45) is -4.72. The summed E-state index contributed by atoms with van der Waals surface area (Å²) in [7, 11) is -3.07. The van der Waals surface area contributed by atoms with Crippen LogP contribution in [0.1, 0.15) is 52.9 Å². The lowest BCUT2D eigenvalue weighted by molar-refractivity contribution is -0.137. The maximum absolute atomic E-state index is 15.1. The summed E-state index contributed by atoms with van der Waals surface area (Å²) in [5.74, 6) is -4.14. The highest BCUT2D eigenvalue weighted by molar-refractivity contribution is 7.98. The third-order valence-electron chi connectivity index (χ3n) is 8.61. The van der Waals surface area contributed by atoms with Crippen molar-refractivity contribution in [1.82, 2.24) is 14.4 Å².